The van der Waals surface area contributed by atoms with Crippen molar-refractivity contribution in [2.75, 3.05) is 10.6 Å². The van der Waals surface area contributed by atoms with Gasteiger partial charge in [0.2, 0.25) is 5.91 Å². The van der Waals surface area contributed by atoms with E-state index in [-0.39, 0.29) is 30.6 Å². The van der Waals surface area contributed by atoms with Gasteiger partial charge in [-0.2, -0.15) is 0 Å². The van der Waals surface area contributed by atoms with Crippen molar-refractivity contribution in [2.45, 2.75) is 52.4 Å². The zero-order valence-electron chi connectivity index (χ0n) is 16.7. The number of carbonyl (C=O) groups excluding carboxylic acids is 2. The van der Waals surface area contributed by atoms with Gasteiger partial charge in [0.1, 0.15) is 5.00 Å². The molecule has 154 valence electrons. The van der Waals surface area contributed by atoms with Crippen molar-refractivity contribution in [3.05, 3.63) is 45.8 Å². The van der Waals surface area contributed by atoms with Crippen LogP contribution in [0.4, 0.5) is 10.7 Å². The first-order valence-corrected chi connectivity index (χ1v) is 10.7. The number of rotatable bonds is 7. The van der Waals surface area contributed by atoms with E-state index in [2.05, 4.69) is 10.6 Å². The molecule has 29 heavy (non-hydrogen) atoms. The van der Waals surface area contributed by atoms with E-state index in [1.807, 2.05) is 31.2 Å². The van der Waals surface area contributed by atoms with Gasteiger partial charge in [0.05, 0.1) is 5.56 Å². The SMILES string of the molecule is Cc1cccc(NC(=O)c2c(NC(=O)C[C@@H](C)CC(=O)O)sc3c2CCCC3)c1. The summed E-state index contributed by atoms with van der Waals surface area (Å²) in [6, 6.07) is 7.60. The number of amides is 2. The number of hydrogen-bond acceptors (Lipinski definition) is 4. The second-order valence-electron chi connectivity index (χ2n) is 7.69. The zero-order valence-corrected chi connectivity index (χ0v) is 17.5. The van der Waals surface area contributed by atoms with E-state index in [1.54, 1.807) is 6.92 Å². The number of aliphatic carboxylic acids is 1. The lowest BCUT2D eigenvalue weighted by atomic mass is 9.95. The molecule has 3 N–H and O–H groups in total. The minimum absolute atomic E-state index is 0.0605. The Morgan fingerprint density at radius 1 is 1.14 bits per heavy atom. The number of benzene rings is 1. The largest absolute Gasteiger partial charge is 0.481 e. The van der Waals surface area contributed by atoms with Crippen LogP contribution in [0.1, 0.15) is 59.0 Å². The molecule has 1 atom stereocenters. The lowest BCUT2D eigenvalue weighted by Crippen LogP contribution is -2.20. The zero-order chi connectivity index (χ0) is 21.0. The normalized spacial score (nSPS) is 14.0. The number of fused-ring (bicyclic) bond motifs is 1. The van der Waals surface area contributed by atoms with Crippen molar-refractivity contribution >= 4 is 39.8 Å². The number of carbonyl (C=O) groups is 3. The fourth-order valence-corrected chi connectivity index (χ4v) is 4.98. The molecule has 2 amide bonds. The average molecular weight is 415 g/mol. The molecule has 6 nitrogen and oxygen atoms in total. The van der Waals surface area contributed by atoms with Crippen molar-refractivity contribution in [1.82, 2.24) is 0 Å². The first kappa shape index (κ1) is 21.0. The molecule has 0 radical (unpaired) electrons. The fraction of sp³-hybridized carbons (Fsp3) is 0.409. The van der Waals surface area contributed by atoms with Crippen LogP contribution < -0.4 is 10.6 Å². The second-order valence-corrected chi connectivity index (χ2v) is 8.80. The predicted molar refractivity (Wildman–Crippen MR) is 115 cm³/mol. The summed E-state index contributed by atoms with van der Waals surface area (Å²) in [6.45, 7) is 3.70. The summed E-state index contributed by atoms with van der Waals surface area (Å²) < 4.78 is 0. The smallest absolute Gasteiger partial charge is 0.303 e. The van der Waals surface area contributed by atoms with Crippen LogP contribution in [0, 0.1) is 12.8 Å². The summed E-state index contributed by atoms with van der Waals surface area (Å²) in [5, 5.41) is 15.3. The van der Waals surface area contributed by atoms with Crippen molar-refractivity contribution in [2.24, 2.45) is 5.92 Å². The molecule has 2 aromatic rings. The third kappa shape index (κ3) is 5.44. The lowest BCUT2D eigenvalue weighted by Gasteiger charge is -2.14. The highest BCUT2D eigenvalue weighted by Gasteiger charge is 2.27. The van der Waals surface area contributed by atoms with Crippen LogP contribution in [0.25, 0.3) is 0 Å². The number of carboxylic acid groups (broad SMARTS) is 1. The van der Waals surface area contributed by atoms with Gasteiger partial charge >= 0.3 is 5.97 Å². The monoisotopic (exact) mass is 414 g/mol. The first-order chi connectivity index (χ1) is 13.8. The Balaban J connectivity index is 1.82. The standard InChI is InChI=1S/C22H26N2O4S/c1-13-6-5-7-15(10-13)23-21(28)20-16-8-3-4-9-17(16)29-22(20)24-18(25)11-14(2)12-19(26)27/h5-7,10,14H,3-4,8-9,11-12H2,1-2H3,(H,23,28)(H,24,25)(H,26,27)/t14-/m1/s1. The highest BCUT2D eigenvalue weighted by atomic mass is 32.1. The molecule has 0 bridgehead atoms. The van der Waals surface area contributed by atoms with Crippen molar-refractivity contribution in [3.63, 3.8) is 0 Å². The Kier molecular flexibility index (Phi) is 6.69. The van der Waals surface area contributed by atoms with Gasteiger partial charge in [0.15, 0.2) is 0 Å². The third-order valence-corrected chi connectivity index (χ3v) is 6.19. The Morgan fingerprint density at radius 3 is 2.62 bits per heavy atom. The Morgan fingerprint density at radius 2 is 1.90 bits per heavy atom. The molecule has 1 aromatic carbocycles. The van der Waals surface area contributed by atoms with Gasteiger partial charge < -0.3 is 15.7 Å². The van der Waals surface area contributed by atoms with Crippen LogP contribution in [0.2, 0.25) is 0 Å². The molecule has 0 unspecified atom stereocenters. The van der Waals surface area contributed by atoms with Gasteiger partial charge in [-0.25, -0.2) is 0 Å². The minimum Gasteiger partial charge on any atom is -0.481 e. The summed E-state index contributed by atoms with van der Waals surface area (Å²) in [4.78, 5) is 37.6. The van der Waals surface area contributed by atoms with E-state index < -0.39 is 5.97 Å². The predicted octanol–water partition coefficient (Wildman–Crippen LogP) is 4.63. The van der Waals surface area contributed by atoms with E-state index in [4.69, 9.17) is 5.11 Å². The van der Waals surface area contributed by atoms with E-state index >= 15 is 0 Å². The summed E-state index contributed by atoms with van der Waals surface area (Å²) in [7, 11) is 0. The molecular weight excluding hydrogens is 388 g/mol. The van der Waals surface area contributed by atoms with E-state index in [0.29, 0.717) is 10.6 Å². The third-order valence-electron chi connectivity index (χ3n) is 4.98. The molecule has 0 saturated heterocycles. The van der Waals surface area contributed by atoms with Gasteiger partial charge in [-0.1, -0.05) is 19.1 Å². The fourth-order valence-electron chi connectivity index (χ4n) is 3.67. The van der Waals surface area contributed by atoms with Crippen LogP contribution in [0.15, 0.2) is 24.3 Å². The highest BCUT2D eigenvalue weighted by molar-refractivity contribution is 7.17. The van der Waals surface area contributed by atoms with Crippen LogP contribution in [0.3, 0.4) is 0 Å². The maximum atomic E-state index is 13.1. The summed E-state index contributed by atoms with van der Waals surface area (Å²) in [6.07, 6.45) is 3.89. The summed E-state index contributed by atoms with van der Waals surface area (Å²) >= 11 is 1.46. The molecule has 0 spiro atoms. The van der Waals surface area contributed by atoms with Crippen molar-refractivity contribution in [1.29, 1.82) is 0 Å². The number of carboxylic acids is 1. The molecule has 0 aliphatic heterocycles. The quantitative estimate of drug-likeness (QED) is 0.616. The maximum Gasteiger partial charge on any atom is 0.303 e. The van der Waals surface area contributed by atoms with Crippen LogP contribution in [-0.4, -0.2) is 22.9 Å². The van der Waals surface area contributed by atoms with Gasteiger partial charge in [-0.15, -0.1) is 11.3 Å². The van der Waals surface area contributed by atoms with Gasteiger partial charge in [0.25, 0.3) is 5.91 Å². The molecule has 1 heterocycles. The topological polar surface area (TPSA) is 95.5 Å². The second kappa shape index (κ2) is 9.22. The van der Waals surface area contributed by atoms with Crippen LogP contribution >= 0.6 is 11.3 Å². The molecule has 0 saturated carbocycles. The first-order valence-electron chi connectivity index (χ1n) is 9.87. The Bertz CT molecular complexity index is 935. The molecule has 1 aliphatic rings. The highest BCUT2D eigenvalue weighted by Crippen LogP contribution is 2.38. The number of nitrogens with one attached hydrogen (secondary N) is 2. The molecule has 1 aliphatic carbocycles. The average Bonchev–Trinajstić information content (AvgIpc) is 2.98. The Hall–Kier alpha value is -2.67. The molecule has 0 fully saturated rings. The summed E-state index contributed by atoms with van der Waals surface area (Å²) in [5.41, 5.74) is 3.35. The molecule has 7 heteroatoms. The van der Waals surface area contributed by atoms with Gasteiger partial charge in [-0.05, 0) is 61.8 Å². The summed E-state index contributed by atoms with van der Waals surface area (Å²) in [5.74, 6) is -1.67. The molecule has 3 rings (SSSR count). The van der Waals surface area contributed by atoms with Crippen molar-refractivity contribution < 1.29 is 19.5 Å². The minimum atomic E-state index is -0.921. The van der Waals surface area contributed by atoms with Crippen LogP contribution in [-0.2, 0) is 22.4 Å². The number of anilines is 2. The van der Waals surface area contributed by atoms with E-state index in [9.17, 15) is 14.4 Å². The Labute approximate surface area is 174 Å². The molecule has 1 aromatic heterocycles. The number of hydrogen-bond donors (Lipinski definition) is 3. The number of aryl methyl sites for hydroxylation is 2. The van der Waals surface area contributed by atoms with Crippen molar-refractivity contribution in [3.8, 4) is 0 Å². The lowest BCUT2D eigenvalue weighted by molar-refractivity contribution is -0.138. The molecular formula is C22H26N2O4S. The van der Waals surface area contributed by atoms with Crippen LogP contribution in [0.5, 0.6) is 0 Å². The van der Waals surface area contributed by atoms with Gasteiger partial charge in [-0.3, -0.25) is 14.4 Å². The van der Waals surface area contributed by atoms with E-state index in [1.165, 1.54) is 11.3 Å². The van der Waals surface area contributed by atoms with Gasteiger partial charge in [0, 0.05) is 23.4 Å². The van der Waals surface area contributed by atoms with E-state index in [0.717, 1.165) is 47.4 Å². The number of thiophene rings is 1. The maximum absolute atomic E-state index is 13.1.